The average Bonchev–Trinajstić information content (AvgIpc) is 3.01. The second kappa shape index (κ2) is 8.36. The molecule has 2 aliphatic heterocycles. The second-order valence-corrected chi connectivity index (χ2v) is 9.93. The van der Waals surface area contributed by atoms with E-state index in [1.807, 2.05) is 0 Å². The van der Waals surface area contributed by atoms with Gasteiger partial charge in [0.2, 0.25) is 5.82 Å². The summed E-state index contributed by atoms with van der Waals surface area (Å²) in [6, 6.07) is 6.61. The number of aliphatic hydroxyl groups excluding tert-OH is 1. The summed E-state index contributed by atoms with van der Waals surface area (Å²) in [5.41, 5.74) is -5.15. The fourth-order valence-electron chi connectivity index (χ4n) is 3.26. The molecule has 9 nitrogen and oxygen atoms in total. The van der Waals surface area contributed by atoms with E-state index in [4.69, 9.17) is 30.1 Å². The number of para-hydroxylation sites is 1. The summed E-state index contributed by atoms with van der Waals surface area (Å²) >= 11 is 5.16. The summed E-state index contributed by atoms with van der Waals surface area (Å²) in [6.45, 7) is -4.89. The Morgan fingerprint density at radius 3 is 2.81 bits per heavy atom. The maximum atomic E-state index is 14.9. The molecule has 2 N–H and O–H groups in total. The van der Waals surface area contributed by atoms with E-state index in [2.05, 4.69) is 0 Å². The lowest BCUT2D eigenvalue weighted by atomic mass is 9.98. The predicted octanol–water partition coefficient (Wildman–Crippen LogP) is 1.76. The zero-order valence-corrected chi connectivity index (χ0v) is 17.5. The smallest absolute Gasteiger partial charge is 0.381 e. The number of aliphatic hydroxyl groups is 1. The van der Waals surface area contributed by atoms with Gasteiger partial charge in [0.25, 0.3) is 12.0 Å². The standard InChI is InChI=1S/C17H15F4N2O7PS/c18-9-5-23(16(26)22-13(9)25)14-11(24)12(19)17(29-14,15(20)21)7-28-31(32)27-6-8-3-1-2-4-10(8)30-31/h1-5,11-12,14-15,24H,6-7H2,(H,22,25,26). The van der Waals surface area contributed by atoms with Gasteiger partial charge in [0.1, 0.15) is 11.9 Å². The summed E-state index contributed by atoms with van der Waals surface area (Å²) in [4.78, 5) is 24.7. The highest BCUT2D eigenvalue weighted by Crippen LogP contribution is 2.56. The molecule has 15 heteroatoms. The number of H-pyrrole nitrogens is 1. The van der Waals surface area contributed by atoms with Crippen molar-refractivity contribution in [2.75, 3.05) is 6.61 Å². The van der Waals surface area contributed by atoms with Crippen molar-refractivity contribution in [1.82, 2.24) is 9.55 Å². The first-order valence-corrected chi connectivity index (χ1v) is 11.6. The molecular formula is C17H15F4N2O7PS. The molecule has 0 radical (unpaired) electrons. The maximum absolute atomic E-state index is 14.9. The summed E-state index contributed by atoms with van der Waals surface area (Å²) < 4.78 is 77.9. The largest absolute Gasteiger partial charge is 0.424 e. The van der Waals surface area contributed by atoms with Gasteiger partial charge in [-0.2, -0.15) is 4.39 Å². The third kappa shape index (κ3) is 3.91. The van der Waals surface area contributed by atoms with Gasteiger partial charge < -0.3 is 14.4 Å². The van der Waals surface area contributed by atoms with Crippen LogP contribution in [-0.4, -0.2) is 45.6 Å². The molecule has 4 rings (SSSR count). The van der Waals surface area contributed by atoms with Crippen molar-refractivity contribution in [3.63, 3.8) is 0 Å². The van der Waals surface area contributed by atoms with E-state index in [-0.39, 0.29) is 11.2 Å². The topological polar surface area (TPSA) is 112 Å². The molecule has 0 amide bonds. The van der Waals surface area contributed by atoms with Gasteiger partial charge in [0.15, 0.2) is 18.0 Å². The van der Waals surface area contributed by atoms with Crippen molar-refractivity contribution in [1.29, 1.82) is 0 Å². The fraction of sp³-hybridized carbons (Fsp3) is 0.412. The van der Waals surface area contributed by atoms with Crippen LogP contribution in [0.4, 0.5) is 17.6 Å². The highest BCUT2D eigenvalue weighted by molar-refractivity contribution is 8.07. The summed E-state index contributed by atoms with van der Waals surface area (Å²) in [5.74, 6) is -1.16. The highest BCUT2D eigenvalue weighted by Gasteiger charge is 2.62. The van der Waals surface area contributed by atoms with Crippen LogP contribution in [0.2, 0.25) is 0 Å². The molecule has 0 saturated carbocycles. The number of rotatable bonds is 5. The Hall–Kier alpha value is -2.09. The third-order valence-electron chi connectivity index (χ3n) is 4.98. The minimum atomic E-state index is -3.65. The molecule has 174 valence electrons. The molecule has 3 heterocycles. The van der Waals surface area contributed by atoms with Crippen LogP contribution in [-0.2, 0) is 32.2 Å². The molecular weight excluding hydrogens is 483 g/mol. The molecule has 32 heavy (non-hydrogen) atoms. The van der Waals surface area contributed by atoms with Gasteiger partial charge in [-0.3, -0.25) is 23.4 Å². The summed E-state index contributed by atoms with van der Waals surface area (Å²) in [7, 11) is 0. The van der Waals surface area contributed by atoms with Gasteiger partial charge in [-0.05, 0) is 6.07 Å². The van der Waals surface area contributed by atoms with Crippen LogP contribution >= 0.6 is 6.72 Å². The van der Waals surface area contributed by atoms with Crippen LogP contribution in [0, 0.1) is 5.82 Å². The Bertz CT molecular complexity index is 1190. The third-order valence-corrected chi connectivity index (χ3v) is 7.14. The Morgan fingerprint density at radius 2 is 2.09 bits per heavy atom. The number of nitrogens with one attached hydrogen (secondary N) is 1. The Balaban J connectivity index is 1.60. The number of hydrogen-bond donors (Lipinski definition) is 2. The molecule has 0 spiro atoms. The number of halogens is 4. The number of ether oxygens (including phenoxy) is 1. The fourth-order valence-corrected chi connectivity index (χ4v) is 5.08. The molecule has 5 unspecified atom stereocenters. The van der Waals surface area contributed by atoms with Gasteiger partial charge in [0.05, 0.1) is 19.4 Å². The predicted molar refractivity (Wildman–Crippen MR) is 103 cm³/mol. The van der Waals surface area contributed by atoms with Crippen LogP contribution in [0.3, 0.4) is 0 Å². The van der Waals surface area contributed by atoms with Gasteiger partial charge >= 0.3 is 12.4 Å². The number of benzene rings is 1. The van der Waals surface area contributed by atoms with E-state index >= 15 is 0 Å². The quantitative estimate of drug-likeness (QED) is 0.474. The van der Waals surface area contributed by atoms with Crippen LogP contribution in [0.25, 0.3) is 0 Å². The number of hydrogen-bond acceptors (Lipinski definition) is 8. The van der Waals surface area contributed by atoms with Gasteiger partial charge in [-0.25, -0.2) is 18.0 Å². The van der Waals surface area contributed by atoms with E-state index < -0.39 is 60.9 Å². The zero-order chi connectivity index (χ0) is 23.3. The van der Waals surface area contributed by atoms with E-state index in [9.17, 15) is 32.3 Å². The molecule has 1 saturated heterocycles. The Morgan fingerprint density at radius 1 is 1.38 bits per heavy atom. The number of fused-ring (bicyclic) bond motifs is 1. The maximum Gasteiger partial charge on any atom is 0.381 e. The van der Waals surface area contributed by atoms with Crippen molar-refractivity contribution < 1.29 is 41.0 Å². The molecule has 1 fully saturated rings. The number of aromatic nitrogens is 2. The van der Waals surface area contributed by atoms with Crippen molar-refractivity contribution in [2.45, 2.75) is 37.1 Å². The lowest BCUT2D eigenvalue weighted by molar-refractivity contribution is -0.184. The van der Waals surface area contributed by atoms with E-state index in [0.29, 0.717) is 17.5 Å². The normalized spacial score (nSPS) is 32.0. The molecule has 2 aliphatic rings. The first-order chi connectivity index (χ1) is 15.1. The molecule has 0 bridgehead atoms. The van der Waals surface area contributed by atoms with Gasteiger partial charge in [0, 0.05) is 17.4 Å². The molecule has 1 aromatic heterocycles. The number of alkyl halides is 3. The van der Waals surface area contributed by atoms with Crippen molar-refractivity contribution in [2.24, 2.45) is 0 Å². The SMILES string of the molecule is O=c1[nH]c(=O)n(C2OC(COP3(=S)OCc4ccccc4O3)(C(F)F)C(F)C2O)cc1F. The summed E-state index contributed by atoms with van der Waals surface area (Å²) in [6.07, 6.45) is -10.5. The minimum Gasteiger partial charge on any atom is -0.424 e. The van der Waals surface area contributed by atoms with E-state index in [1.165, 1.54) is 0 Å². The molecule has 2 aromatic rings. The summed E-state index contributed by atoms with van der Waals surface area (Å²) in [5, 5.41) is 10.2. The van der Waals surface area contributed by atoms with E-state index in [0.717, 1.165) is 0 Å². The minimum absolute atomic E-state index is 0.0354. The van der Waals surface area contributed by atoms with Crippen LogP contribution in [0.5, 0.6) is 5.75 Å². The average molecular weight is 498 g/mol. The van der Waals surface area contributed by atoms with Crippen molar-refractivity contribution >= 4 is 18.5 Å². The first kappa shape index (κ1) is 23.1. The first-order valence-electron chi connectivity index (χ1n) is 9.02. The van der Waals surface area contributed by atoms with Crippen LogP contribution < -0.4 is 15.8 Å². The van der Waals surface area contributed by atoms with E-state index in [1.54, 1.807) is 29.2 Å². The van der Waals surface area contributed by atoms with Crippen molar-refractivity contribution in [3.05, 3.63) is 62.7 Å². The second-order valence-electron chi connectivity index (χ2n) is 6.99. The Kier molecular flexibility index (Phi) is 6.03. The van der Waals surface area contributed by atoms with Crippen LogP contribution in [0.15, 0.2) is 40.1 Å². The zero-order valence-electron chi connectivity index (χ0n) is 15.8. The number of nitrogens with zero attached hydrogens (tertiary/aromatic N) is 1. The lowest BCUT2D eigenvalue weighted by Crippen LogP contribution is -2.50. The molecule has 1 aromatic carbocycles. The number of aromatic amines is 1. The molecule has 0 aliphatic carbocycles. The molecule has 5 atom stereocenters. The van der Waals surface area contributed by atoms with Crippen LogP contribution in [0.1, 0.15) is 11.8 Å². The highest BCUT2D eigenvalue weighted by atomic mass is 32.5. The van der Waals surface area contributed by atoms with Crippen molar-refractivity contribution in [3.8, 4) is 5.75 Å². The van der Waals surface area contributed by atoms with Gasteiger partial charge in [-0.15, -0.1) is 0 Å². The lowest BCUT2D eigenvalue weighted by Gasteiger charge is -2.33. The Labute approximate surface area is 181 Å². The monoisotopic (exact) mass is 498 g/mol. The van der Waals surface area contributed by atoms with Gasteiger partial charge in [-0.1, -0.05) is 18.2 Å².